The van der Waals surface area contributed by atoms with Gasteiger partial charge in [-0.2, -0.15) is 18.6 Å². The molecule has 0 aliphatic heterocycles. The lowest BCUT2D eigenvalue weighted by molar-refractivity contribution is 0.0798. The highest BCUT2D eigenvalue weighted by molar-refractivity contribution is 7.85. The third-order valence-corrected chi connectivity index (χ3v) is 7.47. The molecular weight excluding hydrogens is 484 g/mol. The number of pyridine rings is 1. The minimum Gasteiger partial charge on any atom is -0.456 e. The van der Waals surface area contributed by atoms with Gasteiger partial charge in [-0.05, 0) is 54.6 Å². The van der Waals surface area contributed by atoms with E-state index >= 15 is 0 Å². The van der Waals surface area contributed by atoms with Crippen molar-refractivity contribution in [1.82, 2.24) is 19.4 Å². The van der Waals surface area contributed by atoms with Crippen molar-refractivity contribution in [3.05, 3.63) is 66.6 Å². The zero-order chi connectivity index (χ0) is 25.1. The lowest BCUT2D eigenvalue weighted by atomic mass is 10.1. The van der Waals surface area contributed by atoms with Crippen LogP contribution in [-0.4, -0.2) is 48.7 Å². The van der Waals surface area contributed by atoms with E-state index in [9.17, 15) is 8.42 Å². The average molecular weight is 515 g/mol. The molecule has 0 saturated heterocycles. The number of hydrogen-bond acceptors (Lipinski definition) is 7. The summed E-state index contributed by atoms with van der Waals surface area (Å²) in [5.74, 6) is 1.28. The van der Waals surface area contributed by atoms with Gasteiger partial charge in [0.15, 0.2) is 0 Å². The van der Waals surface area contributed by atoms with Crippen molar-refractivity contribution in [2.45, 2.75) is 39.0 Å². The number of hydrogen-bond donors (Lipinski definition) is 0. The number of rotatable bonds is 11. The van der Waals surface area contributed by atoms with Crippen LogP contribution in [0.25, 0.3) is 16.8 Å². The summed E-state index contributed by atoms with van der Waals surface area (Å²) < 4.78 is 42.5. The van der Waals surface area contributed by atoms with Crippen LogP contribution in [-0.2, 0) is 32.4 Å². The Hall–Kier alpha value is -2.99. The van der Waals surface area contributed by atoms with Gasteiger partial charge in [0.05, 0.1) is 29.4 Å². The van der Waals surface area contributed by atoms with Crippen LogP contribution in [0.4, 0.5) is 0 Å². The molecule has 3 aromatic heterocycles. The number of ether oxygens (including phenoxy) is 2. The molecule has 0 radical (unpaired) electrons. The third kappa shape index (κ3) is 7.25. The Morgan fingerprint density at radius 2 is 1.74 bits per heavy atom. The molecule has 35 heavy (non-hydrogen) atoms. The zero-order valence-electron chi connectivity index (χ0n) is 20.3. The maximum Gasteiger partial charge on any atom is 0.264 e. The Bertz CT molecular complexity index is 1390. The molecule has 3 heterocycles. The molecule has 1 aromatic carbocycles. The van der Waals surface area contributed by atoms with Gasteiger partial charge < -0.3 is 9.47 Å². The maximum atomic E-state index is 11.2. The van der Waals surface area contributed by atoms with Crippen molar-refractivity contribution >= 4 is 23.7 Å². The first kappa shape index (κ1) is 25.1. The molecule has 0 aliphatic rings. The van der Waals surface area contributed by atoms with Crippen molar-refractivity contribution in [3.63, 3.8) is 0 Å². The van der Waals surface area contributed by atoms with Gasteiger partial charge in [-0.3, -0.25) is 4.18 Å². The molecule has 0 saturated carbocycles. The molecule has 0 amide bonds. The van der Waals surface area contributed by atoms with Crippen molar-refractivity contribution in [2.75, 3.05) is 12.9 Å². The van der Waals surface area contributed by atoms with Gasteiger partial charge in [0.2, 0.25) is 0 Å². The number of benzene rings is 1. The summed E-state index contributed by atoms with van der Waals surface area (Å²) in [6.07, 6.45) is 4.52. The average Bonchev–Trinajstić information content (AvgIpc) is 3.41. The van der Waals surface area contributed by atoms with Gasteiger partial charge in [0, 0.05) is 26.4 Å². The first-order valence-corrected chi connectivity index (χ1v) is 16.8. The molecule has 4 aromatic rings. The van der Waals surface area contributed by atoms with Crippen molar-refractivity contribution in [2.24, 2.45) is 0 Å². The summed E-state index contributed by atoms with van der Waals surface area (Å²) in [5, 5.41) is 8.74. The molecule has 186 valence electrons. The van der Waals surface area contributed by atoms with Gasteiger partial charge in [-0.15, -0.1) is 0 Å². The van der Waals surface area contributed by atoms with Gasteiger partial charge in [-0.1, -0.05) is 19.6 Å². The van der Waals surface area contributed by atoms with E-state index in [1.807, 2.05) is 47.1 Å². The van der Waals surface area contributed by atoms with E-state index in [0.717, 1.165) is 35.7 Å². The van der Waals surface area contributed by atoms with Gasteiger partial charge >= 0.3 is 0 Å². The van der Waals surface area contributed by atoms with E-state index in [1.165, 1.54) is 0 Å². The topological polar surface area (TPSA) is 97.0 Å². The van der Waals surface area contributed by atoms with Crippen molar-refractivity contribution in [1.29, 1.82) is 0 Å². The predicted octanol–water partition coefficient (Wildman–Crippen LogP) is 4.78. The summed E-state index contributed by atoms with van der Waals surface area (Å²) in [6, 6.07) is 16.3. The number of aromatic nitrogens is 4. The first-order chi connectivity index (χ1) is 16.6. The summed E-state index contributed by atoms with van der Waals surface area (Å²) >= 11 is 0. The Labute approximate surface area is 206 Å². The van der Waals surface area contributed by atoms with Crippen LogP contribution in [0, 0.1) is 0 Å². The fourth-order valence-corrected chi connectivity index (χ4v) is 4.45. The van der Waals surface area contributed by atoms with E-state index in [0.29, 0.717) is 23.9 Å². The quantitative estimate of drug-likeness (QED) is 0.161. The van der Waals surface area contributed by atoms with Crippen LogP contribution < -0.4 is 4.74 Å². The summed E-state index contributed by atoms with van der Waals surface area (Å²) in [5.41, 5.74) is 3.31. The van der Waals surface area contributed by atoms with Gasteiger partial charge in [0.1, 0.15) is 24.8 Å². The molecular formula is C24H30N4O5SSi. The predicted molar refractivity (Wildman–Crippen MR) is 137 cm³/mol. The normalized spacial score (nSPS) is 12.3. The third-order valence-electron chi connectivity index (χ3n) is 5.22. The van der Waals surface area contributed by atoms with Crippen LogP contribution in [0.2, 0.25) is 25.7 Å². The van der Waals surface area contributed by atoms with Gasteiger partial charge in [-0.25, -0.2) is 9.20 Å². The molecule has 0 N–H and O–H groups in total. The second-order valence-electron chi connectivity index (χ2n) is 9.53. The highest BCUT2D eigenvalue weighted by Gasteiger charge is 2.13. The second kappa shape index (κ2) is 10.3. The number of nitrogens with zero attached hydrogens (tertiary/aromatic N) is 4. The minimum absolute atomic E-state index is 0.113. The lowest BCUT2D eigenvalue weighted by Gasteiger charge is -2.16. The summed E-state index contributed by atoms with van der Waals surface area (Å²) in [4.78, 5) is 0. The van der Waals surface area contributed by atoms with Crippen molar-refractivity contribution in [3.8, 4) is 22.8 Å². The van der Waals surface area contributed by atoms with E-state index in [1.54, 1.807) is 23.0 Å². The van der Waals surface area contributed by atoms with E-state index < -0.39 is 18.2 Å². The highest BCUT2D eigenvalue weighted by atomic mass is 32.2. The molecule has 9 nitrogen and oxygen atoms in total. The zero-order valence-corrected chi connectivity index (χ0v) is 22.2. The van der Waals surface area contributed by atoms with Gasteiger partial charge in [0.25, 0.3) is 10.1 Å². The molecule has 0 aliphatic carbocycles. The standard InChI is InChI=1S/C24H30N4O5SSi/c1-34(29,30)32-17-20-15-21-7-10-23(16-27(21)26-20)33-22-8-5-19(6-9-22)24-11-12-25-28(24)18-31-13-14-35(2,3)4/h5-12,15-16H,13-14,17-18H2,1-4H3. The fraction of sp³-hybridized carbons (Fsp3) is 0.333. The molecule has 0 atom stereocenters. The van der Waals surface area contributed by atoms with Crippen LogP contribution >= 0.6 is 0 Å². The second-order valence-corrected chi connectivity index (χ2v) is 16.8. The molecule has 0 fully saturated rings. The van der Waals surface area contributed by atoms with E-state index in [4.69, 9.17) is 13.7 Å². The molecule has 11 heteroatoms. The summed E-state index contributed by atoms with van der Waals surface area (Å²) in [6.45, 7) is 8.06. The Morgan fingerprint density at radius 3 is 2.46 bits per heavy atom. The highest BCUT2D eigenvalue weighted by Crippen LogP contribution is 2.26. The van der Waals surface area contributed by atoms with Crippen LogP contribution in [0.15, 0.2) is 60.9 Å². The lowest BCUT2D eigenvalue weighted by Crippen LogP contribution is -2.22. The monoisotopic (exact) mass is 514 g/mol. The Balaban J connectivity index is 1.39. The van der Waals surface area contributed by atoms with E-state index in [-0.39, 0.29) is 6.61 Å². The smallest absolute Gasteiger partial charge is 0.264 e. The Kier molecular flexibility index (Phi) is 7.41. The SMILES string of the molecule is C[Si](C)(C)CCOCn1nccc1-c1ccc(Oc2ccc3cc(COS(C)(=O)=O)nn3c2)cc1. The Morgan fingerprint density at radius 1 is 1.00 bits per heavy atom. The first-order valence-electron chi connectivity index (χ1n) is 11.3. The van der Waals surface area contributed by atoms with Crippen LogP contribution in [0.3, 0.4) is 0 Å². The molecule has 0 bridgehead atoms. The van der Waals surface area contributed by atoms with Crippen molar-refractivity contribution < 1.29 is 22.1 Å². The summed E-state index contributed by atoms with van der Waals surface area (Å²) in [7, 11) is -4.65. The largest absolute Gasteiger partial charge is 0.456 e. The number of fused-ring (bicyclic) bond motifs is 1. The van der Waals surface area contributed by atoms with Crippen LogP contribution in [0.5, 0.6) is 11.5 Å². The molecule has 0 unspecified atom stereocenters. The molecule has 4 rings (SSSR count). The fourth-order valence-electron chi connectivity index (χ4n) is 3.36. The van der Waals surface area contributed by atoms with Crippen LogP contribution in [0.1, 0.15) is 5.69 Å². The maximum absolute atomic E-state index is 11.2. The molecule has 0 spiro atoms. The minimum atomic E-state index is -3.53. The van der Waals surface area contributed by atoms with E-state index in [2.05, 4.69) is 29.8 Å².